The van der Waals surface area contributed by atoms with Crippen LogP contribution in [0.3, 0.4) is 0 Å². The molecule has 2 heterocycles. The second kappa shape index (κ2) is 12.6. The van der Waals surface area contributed by atoms with E-state index in [1.54, 1.807) is 18.3 Å². The zero-order valence-corrected chi connectivity index (χ0v) is 19.0. The van der Waals surface area contributed by atoms with E-state index in [2.05, 4.69) is 16.7 Å². The highest BCUT2D eigenvalue weighted by Crippen LogP contribution is 2.17. The zero-order valence-electron chi connectivity index (χ0n) is 19.0. The molecule has 1 amide bonds. The van der Waals surface area contributed by atoms with E-state index in [1.807, 2.05) is 37.3 Å². The third-order valence-corrected chi connectivity index (χ3v) is 5.45. The van der Waals surface area contributed by atoms with E-state index in [0.29, 0.717) is 26.2 Å². The number of piperidine rings is 1. The van der Waals surface area contributed by atoms with Crippen molar-refractivity contribution in [2.24, 2.45) is 4.99 Å². The van der Waals surface area contributed by atoms with Gasteiger partial charge >= 0.3 is 6.09 Å². The van der Waals surface area contributed by atoms with Gasteiger partial charge in [0.2, 0.25) is 0 Å². The molecule has 32 heavy (non-hydrogen) atoms. The highest BCUT2D eigenvalue weighted by Gasteiger charge is 2.24. The van der Waals surface area contributed by atoms with Crippen molar-refractivity contribution in [1.82, 2.24) is 15.5 Å². The average Bonchev–Trinajstić information content (AvgIpc) is 3.33. The van der Waals surface area contributed by atoms with E-state index in [9.17, 15) is 4.79 Å². The number of para-hydroxylation sites is 1. The number of hydrogen-bond acceptors (Lipinski definition) is 5. The molecular weight excluding hydrogens is 408 g/mol. The largest absolute Gasteiger partial charge is 0.496 e. The number of carbonyl (C=O) groups is 1. The van der Waals surface area contributed by atoms with Crippen LogP contribution in [0.2, 0.25) is 0 Å². The van der Waals surface area contributed by atoms with Gasteiger partial charge in [-0.3, -0.25) is 4.99 Å². The van der Waals surface area contributed by atoms with Crippen molar-refractivity contribution in [3.63, 3.8) is 0 Å². The van der Waals surface area contributed by atoms with Crippen molar-refractivity contribution in [3.05, 3.63) is 54.0 Å². The molecule has 2 N–H and O–H groups in total. The molecule has 1 aliphatic heterocycles. The van der Waals surface area contributed by atoms with Gasteiger partial charge in [-0.25, -0.2) is 4.79 Å². The van der Waals surface area contributed by atoms with Gasteiger partial charge < -0.3 is 29.4 Å². The molecule has 2 aromatic rings. The lowest BCUT2D eigenvalue weighted by atomic mass is 10.1. The number of amides is 1. The first-order valence-corrected chi connectivity index (χ1v) is 11.3. The maximum atomic E-state index is 11.9. The topological polar surface area (TPSA) is 88.3 Å². The van der Waals surface area contributed by atoms with Crippen LogP contribution < -0.4 is 15.4 Å². The highest BCUT2D eigenvalue weighted by molar-refractivity contribution is 5.80. The molecule has 1 saturated heterocycles. The van der Waals surface area contributed by atoms with Gasteiger partial charge in [0.1, 0.15) is 11.5 Å². The van der Waals surface area contributed by atoms with Crippen molar-refractivity contribution in [2.45, 2.75) is 38.6 Å². The molecule has 0 spiro atoms. The predicted octanol–water partition coefficient (Wildman–Crippen LogP) is 3.23. The van der Waals surface area contributed by atoms with Crippen LogP contribution in [0.15, 0.2) is 52.1 Å². The van der Waals surface area contributed by atoms with Crippen LogP contribution >= 0.6 is 0 Å². The Hall–Kier alpha value is -3.16. The second-order valence-electron chi connectivity index (χ2n) is 7.65. The Morgan fingerprint density at radius 1 is 1.19 bits per heavy atom. The van der Waals surface area contributed by atoms with Crippen LogP contribution in [-0.4, -0.2) is 62.9 Å². The van der Waals surface area contributed by atoms with E-state index in [0.717, 1.165) is 55.3 Å². The van der Waals surface area contributed by atoms with E-state index in [4.69, 9.17) is 18.9 Å². The van der Waals surface area contributed by atoms with Gasteiger partial charge in [-0.1, -0.05) is 18.2 Å². The summed E-state index contributed by atoms with van der Waals surface area (Å²) in [7, 11) is 1.69. The Morgan fingerprint density at radius 2 is 2.00 bits per heavy atom. The first kappa shape index (κ1) is 23.5. The fourth-order valence-electron chi connectivity index (χ4n) is 3.72. The number of hydrogen-bond donors (Lipinski definition) is 2. The second-order valence-corrected chi connectivity index (χ2v) is 7.65. The summed E-state index contributed by atoms with van der Waals surface area (Å²) in [5.41, 5.74) is 1.15. The van der Waals surface area contributed by atoms with Gasteiger partial charge in [0.25, 0.3) is 0 Å². The maximum absolute atomic E-state index is 11.9. The highest BCUT2D eigenvalue weighted by atomic mass is 16.6. The minimum Gasteiger partial charge on any atom is -0.496 e. The molecule has 1 fully saturated rings. The third-order valence-electron chi connectivity index (χ3n) is 5.45. The van der Waals surface area contributed by atoms with Gasteiger partial charge in [-0.15, -0.1) is 0 Å². The predicted molar refractivity (Wildman–Crippen MR) is 124 cm³/mol. The summed E-state index contributed by atoms with van der Waals surface area (Å²) in [5.74, 6) is 2.59. The van der Waals surface area contributed by atoms with Crippen molar-refractivity contribution >= 4 is 12.1 Å². The van der Waals surface area contributed by atoms with Gasteiger partial charge in [-0.2, -0.15) is 0 Å². The Kier molecular flexibility index (Phi) is 9.28. The van der Waals surface area contributed by atoms with Crippen LogP contribution in [-0.2, 0) is 17.6 Å². The standard InChI is InChI=1S/C24H34N4O4/c1-3-31-24(29)28-16-12-20(13-17-28)27-23(26-15-11-21-8-6-18-32-21)25-14-10-19-7-4-5-9-22(19)30-2/h4-9,18,20H,3,10-17H2,1-2H3,(H2,25,26,27). The molecule has 0 atom stereocenters. The SMILES string of the molecule is CCOC(=O)N1CCC(NC(=NCCc2ccco2)NCCc2ccccc2OC)CC1. The molecule has 3 rings (SSSR count). The fraction of sp³-hybridized carbons (Fsp3) is 0.500. The number of rotatable bonds is 9. The monoisotopic (exact) mass is 442 g/mol. The number of methoxy groups -OCH3 is 1. The minimum absolute atomic E-state index is 0.228. The lowest BCUT2D eigenvalue weighted by Crippen LogP contribution is -2.50. The van der Waals surface area contributed by atoms with Crippen molar-refractivity contribution in [3.8, 4) is 5.75 Å². The average molecular weight is 443 g/mol. The van der Waals surface area contributed by atoms with Crippen LogP contribution in [0.5, 0.6) is 5.75 Å². The number of ether oxygens (including phenoxy) is 2. The first-order chi connectivity index (χ1) is 15.7. The van der Waals surface area contributed by atoms with E-state index in [-0.39, 0.29) is 12.1 Å². The van der Waals surface area contributed by atoms with Crippen molar-refractivity contribution in [2.75, 3.05) is 39.9 Å². The lowest BCUT2D eigenvalue weighted by molar-refractivity contribution is 0.0963. The molecule has 1 aliphatic rings. The summed E-state index contributed by atoms with van der Waals surface area (Å²) in [4.78, 5) is 18.5. The van der Waals surface area contributed by atoms with Crippen LogP contribution in [0, 0.1) is 0 Å². The Morgan fingerprint density at radius 3 is 2.72 bits per heavy atom. The van der Waals surface area contributed by atoms with Crippen molar-refractivity contribution < 1.29 is 18.7 Å². The molecule has 0 saturated carbocycles. The summed E-state index contributed by atoms with van der Waals surface area (Å²) in [6.45, 7) is 4.94. The maximum Gasteiger partial charge on any atom is 0.409 e. The van der Waals surface area contributed by atoms with Crippen LogP contribution in [0.4, 0.5) is 4.79 Å². The van der Waals surface area contributed by atoms with Gasteiger partial charge in [0.15, 0.2) is 5.96 Å². The number of benzene rings is 1. The Balaban J connectivity index is 1.54. The van der Waals surface area contributed by atoms with E-state index < -0.39 is 0 Å². The van der Waals surface area contributed by atoms with Crippen molar-refractivity contribution in [1.29, 1.82) is 0 Å². The number of nitrogens with zero attached hydrogens (tertiary/aromatic N) is 2. The van der Waals surface area contributed by atoms with E-state index in [1.165, 1.54) is 0 Å². The molecule has 1 aromatic heterocycles. The summed E-state index contributed by atoms with van der Waals surface area (Å²) in [5, 5.41) is 6.99. The number of carbonyl (C=O) groups excluding carboxylic acids is 1. The summed E-state index contributed by atoms with van der Waals surface area (Å²) in [6.07, 6.45) is 4.72. The summed E-state index contributed by atoms with van der Waals surface area (Å²) < 4.78 is 16.0. The van der Waals surface area contributed by atoms with E-state index >= 15 is 0 Å². The number of aliphatic imine (C=N–C) groups is 1. The number of furan rings is 1. The zero-order chi connectivity index (χ0) is 22.6. The molecular formula is C24H34N4O4. The molecule has 0 radical (unpaired) electrons. The summed E-state index contributed by atoms with van der Waals surface area (Å²) >= 11 is 0. The molecule has 0 unspecified atom stereocenters. The lowest BCUT2D eigenvalue weighted by Gasteiger charge is -2.32. The van der Waals surface area contributed by atoms with Gasteiger partial charge in [0, 0.05) is 38.6 Å². The van der Waals surface area contributed by atoms with Gasteiger partial charge in [0.05, 0.1) is 20.0 Å². The molecule has 0 aliphatic carbocycles. The quantitative estimate of drug-likeness (QED) is 0.458. The van der Waals surface area contributed by atoms with Crippen LogP contribution in [0.1, 0.15) is 31.1 Å². The molecule has 0 bridgehead atoms. The number of nitrogens with one attached hydrogen (secondary N) is 2. The number of guanidine groups is 1. The minimum atomic E-state index is -0.228. The number of likely N-dealkylation sites (tertiary alicyclic amines) is 1. The fourth-order valence-corrected chi connectivity index (χ4v) is 3.72. The molecule has 174 valence electrons. The molecule has 1 aromatic carbocycles. The molecule has 8 nitrogen and oxygen atoms in total. The molecule has 8 heteroatoms. The first-order valence-electron chi connectivity index (χ1n) is 11.3. The summed E-state index contributed by atoms with van der Waals surface area (Å²) in [6, 6.07) is 12.1. The Bertz CT molecular complexity index is 845. The Labute approximate surface area is 190 Å². The normalized spacial score (nSPS) is 14.8. The van der Waals surface area contributed by atoms with Gasteiger partial charge in [-0.05, 0) is 49.9 Å². The van der Waals surface area contributed by atoms with Crippen LogP contribution in [0.25, 0.3) is 0 Å². The third kappa shape index (κ3) is 7.21. The smallest absolute Gasteiger partial charge is 0.409 e.